The maximum atomic E-state index is 12.3. The largest absolute Gasteiger partial charge is 0.411 e. The summed E-state index contributed by atoms with van der Waals surface area (Å²) in [5.74, 6) is 0. The molecule has 0 radical (unpaired) electrons. The first-order chi connectivity index (χ1) is 9.08. The Morgan fingerprint density at radius 3 is 2.74 bits per heavy atom. The molecule has 1 aromatic heterocycles. The molecule has 2 N–H and O–H groups in total. The molecule has 19 heavy (non-hydrogen) atoms. The zero-order valence-corrected chi connectivity index (χ0v) is 11.4. The minimum absolute atomic E-state index is 0.0517. The predicted octanol–water partition coefficient (Wildman–Crippen LogP) is 0.689. The molecule has 0 fully saturated rings. The van der Waals surface area contributed by atoms with Gasteiger partial charge in [-0.15, -0.1) is 0 Å². The van der Waals surface area contributed by atoms with Crippen LogP contribution in [0.2, 0.25) is 0 Å². The lowest BCUT2D eigenvalue weighted by molar-refractivity contribution is 0.317. The first kappa shape index (κ1) is 14.8. The van der Waals surface area contributed by atoms with Gasteiger partial charge in [0.15, 0.2) is 4.77 Å². The van der Waals surface area contributed by atoms with Crippen LogP contribution in [0.15, 0.2) is 35.3 Å². The maximum absolute atomic E-state index is 12.3. The molecule has 0 amide bonds. The summed E-state index contributed by atoms with van der Waals surface area (Å²) in [4.78, 5) is 15.3. The number of oxime groups is 1. The highest BCUT2D eigenvalue weighted by molar-refractivity contribution is 7.71. The van der Waals surface area contributed by atoms with Crippen LogP contribution < -0.4 is 16.1 Å². The van der Waals surface area contributed by atoms with Crippen molar-refractivity contribution >= 4 is 30.1 Å². The van der Waals surface area contributed by atoms with Crippen molar-refractivity contribution in [2.45, 2.75) is 13.5 Å². The number of rotatable bonds is 4. The van der Waals surface area contributed by atoms with Gasteiger partial charge in [0.05, 0.1) is 17.5 Å². The monoisotopic (exact) mass is 277 g/mol. The van der Waals surface area contributed by atoms with E-state index in [4.69, 9.17) is 17.4 Å². The number of aromatic nitrogens is 2. The van der Waals surface area contributed by atoms with Crippen LogP contribution in [0, 0.1) is 4.77 Å². The Balaban J connectivity index is 3.71. The molecule has 0 spiro atoms. The molecule has 0 atom stereocenters. The molecule has 0 saturated heterocycles. The number of nitrogens with zero attached hydrogens (tertiary/aromatic N) is 2. The van der Waals surface area contributed by atoms with Crippen LogP contribution >= 0.6 is 12.2 Å². The molecular formula is C13H15N3O2S. The van der Waals surface area contributed by atoms with E-state index < -0.39 is 0 Å². The second-order valence-electron chi connectivity index (χ2n) is 3.64. The number of allylic oxidation sites excluding steroid dienone is 2. The summed E-state index contributed by atoms with van der Waals surface area (Å²) in [5.41, 5.74) is -0.0286. The van der Waals surface area contributed by atoms with Crippen LogP contribution in [0.25, 0.3) is 12.2 Å². The van der Waals surface area contributed by atoms with Crippen LogP contribution in [-0.2, 0) is 6.54 Å². The number of H-pyrrole nitrogens is 1. The van der Waals surface area contributed by atoms with Crippen molar-refractivity contribution in [3.63, 3.8) is 0 Å². The van der Waals surface area contributed by atoms with Crippen LogP contribution in [0.4, 0.5) is 0 Å². The van der Waals surface area contributed by atoms with Crippen molar-refractivity contribution < 1.29 is 5.21 Å². The minimum Gasteiger partial charge on any atom is -0.411 e. The van der Waals surface area contributed by atoms with Crippen molar-refractivity contribution in [2.75, 3.05) is 0 Å². The van der Waals surface area contributed by atoms with Gasteiger partial charge in [-0.2, -0.15) is 0 Å². The van der Waals surface area contributed by atoms with E-state index in [1.165, 1.54) is 16.7 Å². The first-order valence-electron chi connectivity index (χ1n) is 5.54. The van der Waals surface area contributed by atoms with Gasteiger partial charge >= 0.3 is 0 Å². The van der Waals surface area contributed by atoms with E-state index in [1.807, 2.05) is 0 Å². The van der Waals surface area contributed by atoms with Crippen molar-refractivity contribution in [3.8, 4) is 0 Å². The molecule has 5 nitrogen and oxygen atoms in total. The normalized spacial score (nSPS) is 13.6. The Bertz CT molecular complexity index is 754. The molecule has 100 valence electrons. The lowest BCUT2D eigenvalue weighted by Crippen LogP contribution is -2.47. The van der Waals surface area contributed by atoms with E-state index in [9.17, 15) is 4.79 Å². The highest BCUT2D eigenvalue weighted by Crippen LogP contribution is 1.86. The van der Waals surface area contributed by atoms with E-state index in [-0.39, 0.29) is 22.6 Å². The van der Waals surface area contributed by atoms with Gasteiger partial charge in [-0.25, -0.2) is 0 Å². The molecule has 0 bridgehead atoms. The van der Waals surface area contributed by atoms with Crippen LogP contribution in [0.3, 0.4) is 0 Å². The number of aromatic amines is 1. The Labute approximate surface area is 115 Å². The van der Waals surface area contributed by atoms with Gasteiger partial charge in [-0.3, -0.25) is 9.36 Å². The highest BCUT2D eigenvalue weighted by Gasteiger charge is 2.04. The Hall–Kier alpha value is -2.21. The summed E-state index contributed by atoms with van der Waals surface area (Å²) in [7, 11) is 0. The average molecular weight is 277 g/mol. The van der Waals surface area contributed by atoms with E-state index in [0.717, 1.165) is 0 Å². The molecule has 0 saturated carbocycles. The van der Waals surface area contributed by atoms with Gasteiger partial charge in [0.1, 0.15) is 0 Å². The standard InChI is InChI=1S/C13H15N3O2S/c1-4-7-10-11(6-3)14-13(19)16(12(10)17)8-9(5-2)15-18/h4-7,18H,1-2,8H2,3H3,(H,14,19)/b10-7+,11-6+,15-9+. The summed E-state index contributed by atoms with van der Waals surface area (Å²) >= 11 is 5.13. The molecule has 1 aromatic rings. The summed E-state index contributed by atoms with van der Waals surface area (Å²) in [6, 6.07) is 0. The van der Waals surface area contributed by atoms with Crippen LogP contribution in [0.1, 0.15) is 6.92 Å². The third kappa shape index (κ3) is 3.17. The Morgan fingerprint density at radius 2 is 2.26 bits per heavy atom. The average Bonchev–Trinajstić information content (AvgIpc) is 2.42. The quantitative estimate of drug-likeness (QED) is 0.368. The fourth-order valence-corrected chi connectivity index (χ4v) is 1.81. The third-order valence-electron chi connectivity index (χ3n) is 2.51. The molecular weight excluding hydrogens is 262 g/mol. The zero-order valence-electron chi connectivity index (χ0n) is 10.6. The van der Waals surface area contributed by atoms with E-state index in [2.05, 4.69) is 23.3 Å². The summed E-state index contributed by atoms with van der Waals surface area (Å²) < 4.78 is 1.55. The second-order valence-corrected chi connectivity index (χ2v) is 4.02. The van der Waals surface area contributed by atoms with E-state index in [1.54, 1.807) is 19.1 Å². The molecule has 0 unspecified atom stereocenters. The SMILES string of the molecule is C=C/C=c1/c(=O)n(C/C(C=C)=N/O)c(=S)[nH]/c1=C/C. The number of hydrogen-bond acceptors (Lipinski definition) is 4. The molecule has 6 heteroatoms. The lowest BCUT2D eigenvalue weighted by atomic mass is 10.3. The van der Waals surface area contributed by atoms with Crippen molar-refractivity contribution in [2.24, 2.45) is 5.16 Å². The van der Waals surface area contributed by atoms with Crippen LogP contribution in [-0.4, -0.2) is 20.5 Å². The maximum Gasteiger partial charge on any atom is 0.262 e. The van der Waals surface area contributed by atoms with Crippen LogP contribution in [0.5, 0.6) is 0 Å². The van der Waals surface area contributed by atoms with E-state index in [0.29, 0.717) is 10.6 Å². The number of nitrogens with one attached hydrogen (secondary N) is 1. The molecule has 1 rings (SSSR count). The molecule has 0 aliphatic carbocycles. The first-order valence-corrected chi connectivity index (χ1v) is 5.95. The second kappa shape index (κ2) is 6.65. The third-order valence-corrected chi connectivity index (χ3v) is 2.83. The van der Waals surface area contributed by atoms with Gasteiger partial charge in [0, 0.05) is 5.35 Å². The van der Waals surface area contributed by atoms with Crippen molar-refractivity contribution in [1.29, 1.82) is 0 Å². The zero-order chi connectivity index (χ0) is 14.4. The van der Waals surface area contributed by atoms with Gasteiger partial charge in [0.2, 0.25) is 0 Å². The Kier molecular flexibility index (Phi) is 5.20. The Morgan fingerprint density at radius 1 is 1.58 bits per heavy atom. The summed E-state index contributed by atoms with van der Waals surface area (Å²) in [6.07, 6.45) is 6.24. The summed E-state index contributed by atoms with van der Waals surface area (Å²) in [5, 5.41) is 12.9. The summed E-state index contributed by atoms with van der Waals surface area (Å²) in [6.45, 7) is 8.93. The fourth-order valence-electron chi connectivity index (χ4n) is 1.55. The van der Waals surface area contributed by atoms with Gasteiger partial charge in [-0.05, 0) is 31.3 Å². The van der Waals surface area contributed by atoms with Gasteiger partial charge < -0.3 is 10.2 Å². The van der Waals surface area contributed by atoms with E-state index >= 15 is 0 Å². The minimum atomic E-state index is -0.278. The molecule has 0 aliphatic rings. The van der Waals surface area contributed by atoms with Gasteiger partial charge in [-0.1, -0.05) is 30.5 Å². The molecule has 0 aromatic carbocycles. The number of hydrogen-bond donors (Lipinski definition) is 2. The highest BCUT2D eigenvalue weighted by atomic mass is 32.1. The predicted molar refractivity (Wildman–Crippen MR) is 79.4 cm³/mol. The smallest absolute Gasteiger partial charge is 0.262 e. The van der Waals surface area contributed by atoms with Gasteiger partial charge in [0.25, 0.3) is 5.56 Å². The van der Waals surface area contributed by atoms with Crippen molar-refractivity contribution in [1.82, 2.24) is 9.55 Å². The van der Waals surface area contributed by atoms with Crippen molar-refractivity contribution in [3.05, 3.63) is 51.0 Å². The molecule has 0 aliphatic heterocycles. The lowest BCUT2D eigenvalue weighted by Gasteiger charge is -2.05. The topological polar surface area (TPSA) is 70.4 Å². The molecule has 1 heterocycles. The fraction of sp³-hybridized carbons (Fsp3) is 0.154.